The van der Waals surface area contributed by atoms with Crippen molar-refractivity contribution in [2.45, 2.75) is 38.0 Å². The summed E-state index contributed by atoms with van der Waals surface area (Å²) in [6, 6.07) is 12.8. The molecule has 0 radical (unpaired) electrons. The summed E-state index contributed by atoms with van der Waals surface area (Å²) in [7, 11) is 0. The number of hydrogen-bond donors (Lipinski definition) is 1. The van der Waals surface area contributed by atoms with Crippen LogP contribution in [0, 0.1) is 0 Å². The molecule has 1 N–H and O–H groups in total. The van der Waals surface area contributed by atoms with Gasteiger partial charge < -0.3 is 5.32 Å². The number of rotatable bonds is 5. The fourth-order valence-electron chi connectivity index (χ4n) is 2.80. The van der Waals surface area contributed by atoms with Gasteiger partial charge in [0.2, 0.25) is 5.91 Å². The van der Waals surface area contributed by atoms with E-state index in [-0.39, 0.29) is 29.3 Å². The largest absolute Gasteiger partial charge is 0.351 e. The smallest absolute Gasteiger partial charge is 0.262 e. The maximum Gasteiger partial charge on any atom is 0.262 e. The SMILES string of the molecule is CC(C)(C)NC(=O)CSc1nc2ccc(Br)cc2c(=O)n1Cc1ccccc1Cl. The molecule has 0 saturated carbocycles. The Morgan fingerprint density at radius 2 is 1.97 bits per heavy atom. The van der Waals surface area contributed by atoms with E-state index >= 15 is 0 Å². The normalized spacial score (nSPS) is 11.6. The number of aromatic nitrogens is 2. The van der Waals surface area contributed by atoms with E-state index in [4.69, 9.17) is 11.6 Å². The van der Waals surface area contributed by atoms with Gasteiger partial charge >= 0.3 is 0 Å². The van der Waals surface area contributed by atoms with Crippen LogP contribution in [0.2, 0.25) is 5.02 Å². The Hall–Kier alpha value is -1.83. The highest BCUT2D eigenvalue weighted by molar-refractivity contribution is 9.10. The first-order valence-electron chi connectivity index (χ1n) is 9.01. The summed E-state index contributed by atoms with van der Waals surface area (Å²) in [6.45, 7) is 6.05. The van der Waals surface area contributed by atoms with Crippen molar-refractivity contribution in [3.63, 3.8) is 0 Å². The zero-order valence-corrected chi connectivity index (χ0v) is 19.5. The molecule has 1 aromatic heterocycles. The Morgan fingerprint density at radius 3 is 2.66 bits per heavy atom. The minimum absolute atomic E-state index is 0.114. The summed E-state index contributed by atoms with van der Waals surface area (Å²) in [5.41, 5.74) is 0.911. The van der Waals surface area contributed by atoms with Gasteiger partial charge in [-0.25, -0.2) is 4.98 Å². The topological polar surface area (TPSA) is 64.0 Å². The van der Waals surface area contributed by atoms with Gasteiger partial charge in [0, 0.05) is 15.0 Å². The second-order valence-corrected chi connectivity index (χ2v) is 9.89. The number of nitrogens with zero attached hydrogens (tertiary/aromatic N) is 2. The lowest BCUT2D eigenvalue weighted by atomic mass is 10.1. The van der Waals surface area contributed by atoms with Crippen molar-refractivity contribution in [1.82, 2.24) is 14.9 Å². The third-order valence-corrected chi connectivity index (χ3v) is 5.85. The van der Waals surface area contributed by atoms with E-state index in [0.717, 1.165) is 10.0 Å². The minimum atomic E-state index is -0.321. The quantitative estimate of drug-likeness (QED) is 0.406. The van der Waals surface area contributed by atoms with E-state index in [1.54, 1.807) is 22.8 Å². The number of hydrogen-bond acceptors (Lipinski definition) is 4. The average Bonchev–Trinajstić information content (AvgIpc) is 2.63. The van der Waals surface area contributed by atoms with Crippen molar-refractivity contribution in [2.24, 2.45) is 0 Å². The standard InChI is InChI=1S/C21H21BrClN3O2S/c1-21(2,3)25-18(27)12-29-20-24-17-9-8-14(22)10-15(17)19(28)26(20)11-13-6-4-5-7-16(13)23/h4-10H,11-12H2,1-3H3,(H,25,27). The lowest BCUT2D eigenvalue weighted by Gasteiger charge is -2.20. The highest BCUT2D eigenvalue weighted by Gasteiger charge is 2.17. The molecule has 0 aliphatic heterocycles. The maximum absolute atomic E-state index is 13.2. The van der Waals surface area contributed by atoms with Crippen molar-refractivity contribution < 1.29 is 4.79 Å². The van der Waals surface area contributed by atoms with Crippen LogP contribution in [0.25, 0.3) is 10.9 Å². The highest BCUT2D eigenvalue weighted by Crippen LogP contribution is 2.23. The summed E-state index contributed by atoms with van der Waals surface area (Å²) in [5, 5.41) is 4.49. The molecular formula is C21H21BrClN3O2S. The van der Waals surface area contributed by atoms with E-state index in [0.29, 0.717) is 21.1 Å². The Balaban J connectivity index is 2.02. The Kier molecular flexibility index (Phi) is 6.71. The van der Waals surface area contributed by atoms with E-state index in [2.05, 4.69) is 26.2 Å². The van der Waals surface area contributed by atoms with Crippen LogP contribution in [0.3, 0.4) is 0 Å². The van der Waals surface area contributed by atoms with Gasteiger partial charge in [-0.1, -0.05) is 57.5 Å². The fraction of sp³-hybridized carbons (Fsp3) is 0.286. The lowest BCUT2D eigenvalue weighted by Crippen LogP contribution is -2.41. The van der Waals surface area contributed by atoms with Crippen LogP contribution in [0.4, 0.5) is 0 Å². The maximum atomic E-state index is 13.2. The predicted molar refractivity (Wildman–Crippen MR) is 123 cm³/mol. The van der Waals surface area contributed by atoms with Crippen LogP contribution in [0.15, 0.2) is 56.9 Å². The Morgan fingerprint density at radius 1 is 1.24 bits per heavy atom. The van der Waals surface area contributed by atoms with Crippen molar-refractivity contribution >= 4 is 56.1 Å². The average molecular weight is 495 g/mol. The number of carbonyl (C=O) groups excluding carboxylic acids is 1. The van der Waals surface area contributed by atoms with Crippen molar-refractivity contribution in [3.05, 3.63) is 67.9 Å². The molecule has 1 heterocycles. The second-order valence-electron chi connectivity index (χ2n) is 7.63. The predicted octanol–water partition coefficient (Wildman–Crippen LogP) is 4.87. The van der Waals surface area contributed by atoms with Gasteiger partial charge in [0.1, 0.15) is 0 Å². The monoisotopic (exact) mass is 493 g/mol. The molecule has 152 valence electrons. The molecule has 0 saturated heterocycles. The number of benzene rings is 2. The number of nitrogens with one attached hydrogen (secondary N) is 1. The summed E-state index contributed by atoms with van der Waals surface area (Å²) in [4.78, 5) is 30.2. The summed E-state index contributed by atoms with van der Waals surface area (Å²) in [6.07, 6.45) is 0. The highest BCUT2D eigenvalue weighted by atomic mass is 79.9. The number of thioether (sulfide) groups is 1. The van der Waals surface area contributed by atoms with Crippen molar-refractivity contribution in [3.8, 4) is 0 Å². The zero-order valence-electron chi connectivity index (χ0n) is 16.3. The molecule has 3 rings (SSSR count). The molecule has 3 aromatic rings. The van der Waals surface area contributed by atoms with Crippen LogP contribution in [0.5, 0.6) is 0 Å². The third kappa shape index (κ3) is 5.62. The van der Waals surface area contributed by atoms with Gasteiger partial charge in [0.15, 0.2) is 5.16 Å². The zero-order chi connectivity index (χ0) is 21.2. The molecule has 0 aliphatic rings. The number of fused-ring (bicyclic) bond motifs is 1. The first-order valence-corrected chi connectivity index (χ1v) is 11.2. The molecule has 0 fully saturated rings. The van der Waals surface area contributed by atoms with E-state index < -0.39 is 0 Å². The third-order valence-electron chi connectivity index (χ3n) is 4.01. The minimum Gasteiger partial charge on any atom is -0.351 e. The number of carbonyl (C=O) groups is 1. The molecular weight excluding hydrogens is 474 g/mol. The molecule has 2 aromatic carbocycles. The van der Waals surface area contributed by atoms with Crippen LogP contribution in [-0.4, -0.2) is 26.8 Å². The second kappa shape index (κ2) is 8.90. The molecule has 1 amide bonds. The van der Waals surface area contributed by atoms with Crippen LogP contribution in [0.1, 0.15) is 26.3 Å². The van der Waals surface area contributed by atoms with Crippen LogP contribution in [-0.2, 0) is 11.3 Å². The molecule has 0 spiro atoms. The van der Waals surface area contributed by atoms with Gasteiger partial charge in [-0.3, -0.25) is 14.2 Å². The molecule has 0 bridgehead atoms. The molecule has 0 unspecified atom stereocenters. The molecule has 0 atom stereocenters. The molecule has 29 heavy (non-hydrogen) atoms. The van der Waals surface area contributed by atoms with Crippen LogP contribution < -0.4 is 10.9 Å². The van der Waals surface area contributed by atoms with Gasteiger partial charge in [-0.05, 0) is 50.6 Å². The van der Waals surface area contributed by atoms with Gasteiger partial charge in [-0.2, -0.15) is 0 Å². The number of amides is 1. The van der Waals surface area contributed by atoms with E-state index in [9.17, 15) is 9.59 Å². The van der Waals surface area contributed by atoms with E-state index in [1.807, 2.05) is 45.0 Å². The summed E-state index contributed by atoms with van der Waals surface area (Å²) in [5.74, 6) is 0.0470. The first-order chi connectivity index (χ1) is 13.6. The summed E-state index contributed by atoms with van der Waals surface area (Å²) < 4.78 is 2.38. The molecule has 8 heteroatoms. The summed E-state index contributed by atoms with van der Waals surface area (Å²) >= 11 is 11.0. The number of halogens is 2. The van der Waals surface area contributed by atoms with Gasteiger partial charge in [0.05, 0.1) is 23.2 Å². The molecule has 5 nitrogen and oxygen atoms in total. The van der Waals surface area contributed by atoms with Gasteiger partial charge in [0.25, 0.3) is 5.56 Å². The first kappa shape index (κ1) is 21.9. The Labute approximate surface area is 187 Å². The van der Waals surface area contributed by atoms with E-state index in [1.165, 1.54) is 11.8 Å². The van der Waals surface area contributed by atoms with Crippen LogP contribution >= 0.6 is 39.3 Å². The Bertz CT molecular complexity index is 1130. The van der Waals surface area contributed by atoms with Crippen molar-refractivity contribution in [1.29, 1.82) is 0 Å². The molecule has 0 aliphatic carbocycles. The van der Waals surface area contributed by atoms with Gasteiger partial charge in [-0.15, -0.1) is 0 Å². The lowest BCUT2D eigenvalue weighted by molar-refractivity contribution is -0.119. The van der Waals surface area contributed by atoms with Crippen molar-refractivity contribution in [2.75, 3.05) is 5.75 Å². The fourth-order valence-corrected chi connectivity index (χ4v) is 4.16.